The maximum absolute atomic E-state index is 4.99. The molecular formula is C24H18N2. The molecule has 0 saturated carbocycles. The molecule has 0 bridgehead atoms. The van der Waals surface area contributed by atoms with Gasteiger partial charge < -0.3 is 0 Å². The summed E-state index contributed by atoms with van der Waals surface area (Å²) in [5.74, 6) is 0.808. The van der Waals surface area contributed by atoms with Crippen LogP contribution in [0.5, 0.6) is 0 Å². The highest BCUT2D eigenvalue weighted by molar-refractivity contribution is 5.69. The highest BCUT2D eigenvalue weighted by atomic mass is 14.9. The lowest BCUT2D eigenvalue weighted by Gasteiger charge is -2.22. The fourth-order valence-electron chi connectivity index (χ4n) is 3.69. The molecule has 3 aromatic carbocycles. The third kappa shape index (κ3) is 2.60. The van der Waals surface area contributed by atoms with E-state index in [1.165, 1.54) is 16.7 Å². The fraction of sp³-hybridized carbons (Fsp3) is 0.0833. The second-order valence-corrected chi connectivity index (χ2v) is 6.68. The van der Waals surface area contributed by atoms with E-state index in [2.05, 4.69) is 60.7 Å². The Labute approximate surface area is 153 Å². The van der Waals surface area contributed by atoms with Crippen molar-refractivity contribution in [2.75, 3.05) is 0 Å². The van der Waals surface area contributed by atoms with Crippen molar-refractivity contribution in [3.63, 3.8) is 0 Å². The molecule has 0 atom stereocenters. The molecule has 26 heavy (non-hydrogen) atoms. The zero-order valence-corrected chi connectivity index (χ0v) is 14.4. The fourth-order valence-corrected chi connectivity index (χ4v) is 3.69. The molecule has 0 spiro atoms. The predicted molar refractivity (Wildman–Crippen MR) is 105 cm³/mol. The van der Waals surface area contributed by atoms with E-state index in [1.54, 1.807) is 0 Å². The van der Waals surface area contributed by atoms with Crippen LogP contribution in [0.25, 0.3) is 22.6 Å². The lowest BCUT2D eigenvalue weighted by atomic mass is 9.86. The van der Waals surface area contributed by atoms with E-state index in [1.807, 2.05) is 24.3 Å². The molecule has 4 aromatic rings. The molecule has 1 aliphatic rings. The van der Waals surface area contributed by atoms with Gasteiger partial charge in [0.05, 0.1) is 11.4 Å². The number of benzene rings is 3. The minimum atomic E-state index is 0.808. The Bertz CT molecular complexity index is 1070. The second-order valence-electron chi connectivity index (χ2n) is 6.68. The van der Waals surface area contributed by atoms with Crippen LogP contribution in [-0.2, 0) is 12.8 Å². The Kier molecular flexibility index (Phi) is 3.60. The average Bonchev–Trinajstić information content (AvgIpc) is 2.73. The third-order valence-corrected chi connectivity index (χ3v) is 5.02. The summed E-state index contributed by atoms with van der Waals surface area (Å²) in [6.07, 6.45) is 1.76. The van der Waals surface area contributed by atoms with Crippen molar-refractivity contribution in [1.29, 1.82) is 0 Å². The second kappa shape index (κ2) is 6.23. The van der Waals surface area contributed by atoms with Crippen molar-refractivity contribution in [1.82, 2.24) is 9.97 Å². The lowest BCUT2D eigenvalue weighted by Crippen LogP contribution is -2.13. The van der Waals surface area contributed by atoms with Gasteiger partial charge in [-0.05, 0) is 11.1 Å². The van der Waals surface area contributed by atoms with Crippen molar-refractivity contribution in [2.24, 2.45) is 0 Å². The van der Waals surface area contributed by atoms with Crippen LogP contribution >= 0.6 is 0 Å². The number of aromatic nitrogens is 2. The first-order chi connectivity index (χ1) is 12.9. The number of nitrogens with zero attached hydrogens (tertiary/aromatic N) is 2. The van der Waals surface area contributed by atoms with Gasteiger partial charge in [0.1, 0.15) is 0 Å². The van der Waals surface area contributed by atoms with Gasteiger partial charge in [-0.3, -0.25) is 0 Å². The van der Waals surface area contributed by atoms with Gasteiger partial charge >= 0.3 is 0 Å². The van der Waals surface area contributed by atoms with Gasteiger partial charge in [-0.1, -0.05) is 84.9 Å². The van der Waals surface area contributed by atoms with Gasteiger partial charge in [0.25, 0.3) is 0 Å². The topological polar surface area (TPSA) is 25.8 Å². The smallest absolute Gasteiger partial charge is 0.160 e. The minimum absolute atomic E-state index is 0.808. The molecule has 124 valence electrons. The van der Waals surface area contributed by atoms with Crippen LogP contribution in [0.3, 0.4) is 0 Å². The third-order valence-electron chi connectivity index (χ3n) is 5.02. The summed E-state index contributed by atoms with van der Waals surface area (Å²) in [5, 5.41) is 0. The van der Waals surface area contributed by atoms with Crippen LogP contribution in [0, 0.1) is 0 Å². The number of hydrogen-bond acceptors (Lipinski definition) is 2. The molecule has 0 amide bonds. The van der Waals surface area contributed by atoms with Gasteiger partial charge in [0.2, 0.25) is 0 Å². The standard InChI is InChI=1S/C24H18N2/c1-3-9-17(10-4-1)23-21-15-19-13-7-8-14-20(19)16-22(21)25-24(26-23)18-11-5-2-6-12-18/h1-14H,15-16H2. The summed E-state index contributed by atoms with van der Waals surface area (Å²) >= 11 is 0. The number of fused-ring (bicyclic) bond motifs is 2. The molecule has 5 rings (SSSR count). The molecular weight excluding hydrogens is 316 g/mol. The van der Waals surface area contributed by atoms with Crippen LogP contribution in [-0.4, -0.2) is 9.97 Å². The van der Waals surface area contributed by atoms with Crippen LogP contribution in [0.15, 0.2) is 84.9 Å². The first-order valence-electron chi connectivity index (χ1n) is 8.96. The Hall–Kier alpha value is -3.26. The largest absolute Gasteiger partial charge is 0.232 e. The molecule has 0 radical (unpaired) electrons. The summed E-state index contributed by atoms with van der Waals surface area (Å²) in [4.78, 5) is 9.95. The molecule has 0 N–H and O–H groups in total. The summed E-state index contributed by atoms with van der Waals surface area (Å²) in [6.45, 7) is 0. The van der Waals surface area contributed by atoms with Gasteiger partial charge in [-0.15, -0.1) is 0 Å². The summed E-state index contributed by atoms with van der Waals surface area (Å²) < 4.78 is 0. The Balaban J connectivity index is 1.73. The van der Waals surface area contributed by atoms with E-state index < -0.39 is 0 Å². The quantitative estimate of drug-likeness (QED) is 0.437. The van der Waals surface area contributed by atoms with Gasteiger partial charge in [0, 0.05) is 29.5 Å². The van der Waals surface area contributed by atoms with E-state index in [0.29, 0.717) is 0 Å². The van der Waals surface area contributed by atoms with E-state index in [9.17, 15) is 0 Å². The molecule has 0 saturated heterocycles. The average molecular weight is 334 g/mol. The first kappa shape index (κ1) is 15.0. The van der Waals surface area contributed by atoms with Crippen molar-refractivity contribution in [3.8, 4) is 22.6 Å². The summed E-state index contributed by atoms with van der Waals surface area (Å²) in [5.41, 5.74) is 8.44. The predicted octanol–water partition coefficient (Wildman–Crippen LogP) is 5.31. The molecule has 1 aliphatic carbocycles. The molecule has 0 aliphatic heterocycles. The van der Waals surface area contributed by atoms with Crippen molar-refractivity contribution < 1.29 is 0 Å². The maximum atomic E-state index is 4.99. The maximum Gasteiger partial charge on any atom is 0.160 e. The van der Waals surface area contributed by atoms with E-state index in [0.717, 1.165) is 41.2 Å². The molecule has 1 heterocycles. The number of rotatable bonds is 2. The molecule has 2 nitrogen and oxygen atoms in total. The SMILES string of the molecule is c1ccc(-c2nc3c(c(-c4ccccc4)n2)Cc2ccccc2C3)cc1. The summed E-state index contributed by atoms with van der Waals surface area (Å²) in [7, 11) is 0. The van der Waals surface area contributed by atoms with E-state index in [-0.39, 0.29) is 0 Å². The monoisotopic (exact) mass is 334 g/mol. The summed E-state index contributed by atoms with van der Waals surface area (Å²) in [6, 6.07) is 29.4. The highest BCUT2D eigenvalue weighted by Gasteiger charge is 2.22. The van der Waals surface area contributed by atoms with Crippen molar-refractivity contribution >= 4 is 0 Å². The van der Waals surface area contributed by atoms with Gasteiger partial charge in [0.15, 0.2) is 5.82 Å². The van der Waals surface area contributed by atoms with E-state index in [4.69, 9.17) is 9.97 Å². The molecule has 0 unspecified atom stereocenters. The number of hydrogen-bond donors (Lipinski definition) is 0. The normalized spacial score (nSPS) is 12.3. The highest BCUT2D eigenvalue weighted by Crippen LogP contribution is 2.34. The zero-order chi connectivity index (χ0) is 17.3. The molecule has 1 aromatic heterocycles. The van der Waals surface area contributed by atoms with Gasteiger partial charge in [-0.25, -0.2) is 9.97 Å². The first-order valence-corrected chi connectivity index (χ1v) is 8.96. The van der Waals surface area contributed by atoms with Crippen LogP contribution < -0.4 is 0 Å². The van der Waals surface area contributed by atoms with Crippen molar-refractivity contribution in [2.45, 2.75) is 12.8 Å². The van der Waals surface area contributed by atoms with Crippen LogP contribution in [0.4, 0.5) is 0 Å². The van der Waals surface area contributed by atoms with Gasteiger partial charge in [-0.2, -0.15) is 0 Å². The van der Waals surface area contributed by atoms with Crippen LogP contribution in [0.2, 0.25) is 0 Å². The Morgan fingerprint density at radius 1 is 0.538 bits per heavy atom. The Morgan fingerprint density at radius 3 is 1.81 bits per heavy atom. The van der Waals surface area contributed by atoms with Crippen molar-refractivity contribution in [3.05, 3.63) is 107 Å². The Morgan fingerprint density at radius 2 is 1.12 bits per heavy atom. The van der Waals surface area contributed by atoms with E-state index >= 15 is 0 Å². The molecule has 2 heteroatoms. The molecule has 0 fully saturated rings. The minimum Gasteiger partial charge on any atom is -0.232 e. The lowest BCUT2D eigenvalue weighted by molar-refractivity contribution is 0.921. The van der Waals surface area contributed by atoms with Crippen LogP contribution in [0.1, 0.15) is 22.4 Å². The zero-order valence-electron chi connectivity index (χ0n) is 14.4.